The van der Waals surface area contributed by atoms with Crippen molar-refractivity contribution in [2.75, 3.05) is 0 Å². The molecule has 4 rings (SSSR count). The van der Waals surface area contributed by atoms with Gasteiger partial charge in [0.05, 0.1) is 11.7 Å². The number of amides is 1. The van der Waals surface area contributed by atoms with Crippen molar-refractivity contribution < 1.29 is 9.18 Å². The summed E-state index contributed by atoms with van der Waals surface area (Å²) >= 11 is 0. The highest BCUT2D eigenvalue weighted by Crippen LogP contribution is 2.43. The summed E-state index contributed by atoms with van der Waals surface area (Å²) in [6.45, 7) is 4.23. The minimum absolute atomic E-state index is 0.0497. The second-order valence-corrected chi connectivity index (χ2v) is 7.08. The van der Waals surface area contributed by atoms with E-state index in [0.717, 1.165) is 40.6 Å². The van der Waals surface area contributed by atoms with E-state index in [4.69, 9.17) is 0 Å². The number of halogens is 1. The molecule has 0 spiro atoms. The summed E-state index contributed by atoms with van der Waals surface area (Å²) in [5, 5.41) is 1.14. The molecule has 1 aromatic heterocycles. The van der Waals surface area contributed by atoms with Crippen LogP contribution in [0.2, 0.25) is 0 Å². The van der Waals surface area contributed by atoms with Gasteiger partial charge in [-0.2, -0.15) is 0 Å². The maximum atomic E-state index is 13.4. The van der Waals surface area contributed by atoms with Gasteiger partial charge in [-0.05, 0) is 55.7 Å². The van der Waals surface area contributed by atoms with Crippen LogP contribution in [-0.4, -0.2) is 21.8 Å². The largest absolute Gasteiger partial charge is 0.354 e. The molecule has 0 bridgehead atoms. The second-order valence-electron chi connectivity index (χ2n) is 7.08. The molecule has 4 heteroatoms. The van der Waals surface area contributed by atoms with Crippen molar-refractivity contribution in [3.05, 3.63) is 59.9 Å². The van der Waals surface area contributed by atoms with E-state index in [9.17, 15) is 9.18 Å². The molecular weight excluding hydrogens is 327 g/mol. The zero-order valence-electron chi connectivity index (χ0n) is 15.1. The SMILES string of the molecule is CC[C@H](C)N1C(=O)CC[C@@H]1c1c(-c2ccc(F)cc2)[nH]c2ccccc12. The number of hydrogen-bond donors (Lipinski definition) is 1. The van der Waals surface area contributed by atoms with E-state index >= 15 is 0 Å². The van der Waals surface area contributed by atoms with Crippen LogP contribution in [0.15, 0.2) is 48.5 Å². The van der Waals surface area contributed by atoms with Gasteiger partial charge in [0.15, 0.2) is 0 Å². The highest BCUT2D eigenvalue weighted by atomic mass is 19.1. The number of nitrogens with one attached hydrogen (secondary N) is 1. The van der Waals surface area contributed by atoms with Crippen LogP contribution in [0.1, 0.15) is 44.7 Å². The first-order valence-electron chi connectivity index (χ1n) is 9.28. The van der Waals surface area contributed by atoms with Gasteiger partial charge in [-0.25, -0.2) is 4.39 Å². The van der Waals surface area contributed by atoms with Gasteiger partial charge in [0.2, 0.25) is 5.91 Å². The van der Waals surface area contributed by atoms with E-state index in [1.54, 1.807) is 12.1 Å². The van der Waals surface area contributed by atoms with Gasteiger partial charge in [0.25, 0.3) is 0 Å². The Balaban J connectivity index is 1.92. The summed E-state index contributed by atoms with van der Waals surface area (Å²) in [5.74, 6) is -0.0247. The molecule has 1 N–H and O–H groups in total. The molecule has 3 aromatic rings. The number of aromatic nitrogens is 1. The molecule has 2 aromatic carbocycles. The van der Waals surface area contributed by atoms with Crippen molar-refractivity contribution in [2.45, 2.75) is 45.2 Å². The van der Waals surface area contributed by atoms with Crippen molar-refractivity contribution in [1.82, 2.24) is 9.88 Å². The molecule has 0 saturated carbocycles. The lowest BCUT2D eigenvalue weighted by molar-refractivity contribution is -0.131. The average Bonchev–Trinajstić information content (AvgIpc) is 3.22. The van der Waals surface area contributed by atoms with Gasteiger partial charge in [-0.15, -0.1) is 0 Å². The number of rotatable bonds is 4. The van der Waals surface area contributed by atoms with Gasteiger partial charge in [0, 0.05) is 28.9 Å². The Bertz CT molecular complexity index is 944. The van der Waals surface area contributed by atoms with Crippen molar-refractivity contribution >= 4 is 16.8 Å². The zero-order chi connectivity index (χ0) is 18.3. The normalized spacial score (nSPS) is 18.7. The molecule has 1 amide bonds. The van der Waals surface area contributed by atoms with E-state index in [2.05, 4.69) is 31.0 Å². The quantitative estimate of drug-likeness (QED) is 0.668. The fraction of sp³-hybridized carbons (Fsp3) is 0.318. The van der Waals surface area contributed by atoms with Crippen molar-refractivity contribution in [3.63, 3.8) is 0 Å². The smallest absolute Gasteiger partial charge is 0.223 e. The van der Waals surface area contributed by atoms with Gasteiger partial charge in [-0.3, -0.25) is 4.79 Å². The summed E-state index contributed by atoms with van der Waals surface area (Å²) in [6.07, 6.45) is 2.33. The molecule has 26 heavy (non-hydrogen) atoms. The molecule has 0 aliphatic carbocycles. The number of likely N-dealkylation sites (tertiary alicyclic amines) is 1. The molecule has 1 aliphatic heterocycles. The lowest BCUT2D eigenvalue weighted by Crippen LogP contribution is -2.35. The summed E-state index contributed by atoms with van der Waals surface area (Å²) < 4.78 is 13.4. The molecule has 1 saturated heterocycles. The van der Waals surface area contributed by atoms with E-state index in [0.29, 0.717) is 6.42 Å². The monoisotopic (exact) mass is 350 g/mol. The average molecular weight is 350 g/mol. The molecule has 0 radical (unpaired) electrons. The standard InChI is InChI=1S/C22H23FN2O/c1-3-14(2)25-19(12-13-20(25)26)21-17-6-4-5-7-18(17)24-22(21)15-8-10-16(23)11-9-15/h4-11,14,19,24H,3,12-13H2,1-2H3/t14-,19+/m0/s1. The molecule has 1 aliphatic rings. The van der Waals surface area contributed by atoms with Crippen LogP contribution in [0.4, 0.5) is 4.39 Å². The summed E-state index contributed by atoms with van der Waals surface area (Å²) in [5.41, 5.74) is 4.13. The van der Waals surface area contributed by atoms with Crippen LogP contribution < -0.4 is 0 Å². The summed E-state index contributed by atoms with van der Waals surface area (Å²) in [4.78, 5) is 18.1. The molecule has 0 unspecified atom stereocenters. The molecule has 2 heterocycles. The third-order valence-electron chi connectivity index (χ3n) is 5.53. The number of hydrogen-bond acceptors (Lipinski definition) is 1. The molecule has 1 fully saturated rings. The number of benzene rings is 2. The van der Waals surface area contributed by atoms with E-state index in [1.807, 2.05) is 17.0 Å². The minimum Gasteiger partial charge on any atom is -0.354 e. The summed E-state index contributed by atoms with van der Waals surface area (Å²) in [7, 11) is 0. The number of carbonyl (C=O) groups is 1. The number of fused-ring (bicyclic) bond motifs is 1. The van der Waals surface area contributed by atoms with Crippen molar-refractivity contribution in [3.8, 4) is 11.3 Å². The van der Waals surface area contributed by atoms with Crippen LogP contribution in [-0.2, 0) is 4.79 Å². The third-order valence-corrected chi connectivity index (χ3v) is 5.53. The zero-order valence-corrected chi connectivity index (χ0v) is 15.1. The topological polar surface area (TPSA) is 36.1 Å². The van der Waals surface area contributed by atoms with Crippen LogP contribution in [0.25, 0.3) is 22.2 Å². The maximum absolute atomic E-state index is 13.4. The first-order chi connectivity index (χ1) is 12.6. The van der Waals surface area contributed by atoms with Crippen LogP contribution in [0.3, 0.4) is 0 Å². The predicted molar refractivity (Wildman–Crippen MR) is 102 cm³/mol. The van der Waals surface area contributed by atoms with Gasteiger partial charge >= 0.3 is 0 Å². The lowest BCUT2D eigenvalue weighted by atomic mass is 9.96. The third kappa shape index (κ3) is 2.70. The van der Waals surface area contributed by atoms with Gasteiger partial charge in [-0.1, -0.05) is 25.1 Å². The second kappa shape index (κ2) is 6.60. The first kappa shape index (κ1) is 16.8. The van der Waals surface area contributed by atoms with Crippen molar-refractivity contribution in [1.29, 1.82) is 0 Å². The summed E-state index contributed by atoms with van der Waals surface area (Å²) in [6, 6.07) is 15.0. The Labute approximate surface area is 152 Å². The van der Waals surface area contributed by atoms with E-state index < -0.39 is 0 Å². The van der Waals surface area contributed by atoms with Gasteiger partial charge < -0.3 is 9.88 Å². The number of nitrogens with zero attached hydrogens (tertiary/aromatic N) is 1. The highest BCUT2D eigenvalue weighted by Gasteiger charge is 2.37. The molecule has 134 valence electrons. The molecular formula is C22H23FN2O. The van der Waals surface area contributed by atoms with E-state index in [-0.39, 0.29) is 23.8 Å². The van der Waals surface area contributed by atoms with Crippen LogP contribution in [0, 0.1) is 5.82 Å². The highest BCUT2D eigenvalue weighted by molar-refractivity contribution is 5.92. The van der Waals surface area contributed by atoms with Crippen LogP contribution in [0.5, 0.6) is 0 Å². The molecule has 2 atom stereocenters. The number of aromatic amines is 1. The van der Waals surface area contributed by atoms with Crippen LogP contribution >= 0.6 is 0 Å². The maximum Gasteiger partial charge on any atom is 0.223 e. The Morgan fingerprint density at radius 2 is 1.92 bits per heavy atom. The predicted octanol–water partition coefficient (Wildman–Crippen LogP) is 5.44. The molecule has 3 nitrogen and oxygen atoms in total. The van der Waals surface area contributed by atoms with Crippen molar-refractivity contribution in [2.24, 2.45) is 0 Å². The Kier molecular flexibility index (Phi) is 4.27. The number of carbonyl (C=O) groups excluding carboxylic acids is 1. The number of para-hydroxylation sites is 1. The minimum atomic E-state index is -0.247. The van der Waals surface area contributed by atoms with Gasteiger partial charge in [0.1, 0.15) is 5.82 Å². The fourth-order valence-corrected chi connectivity index (χ4v) is 4.09. The number of H-pyrrole nitrogens is 1. The fourth-order valence-electron chi connectivity index (χ4n) is 4.09. The lowest BCUT2D eigenvalue weighted by Gasteiger charge is -2.31. The Morgan fingerprint density at radius 1 is 1.19 bits per heavy atom. The Morgan fingerprint density at radius 3 is 2.65 bits per heavy atom. The Hall–Kier alpha value is -2.62. The first-order valence-corrected chi connectivity index (χ1v) is 9.28. The van der Waals surface area contributed by atoms with E-state index in [1.165, 1.54) is 12.1 Å².